The second-order valence-corrected chi connectivity index (χ2v) is 4.77. The Morgan fingerprint density at radius 1 is 1.73 bits per heavy atom. The van der Waals surface area contributed by atoms with Gasteiger partial charge in [0, 0.05) is 17.4 Å². The molecular formula is C10H14BNO2S. The Balaban J connectivity index is 1.76. The number of hydrogen-bond acceptors (Lipinski definition) is 3. The fraction of sp³-hybridized carbons (Fsp3) is 0.500. The standard InChI is InChI=1S/C10H14BNO2S/c13-10(7-8-3-2-6-15-8)12-9-4-1-5-14-11-9/h2-3,6,9,11H,1,4-5,7H2,(H,12,13). The van der Waals surface area contributed by atoms with Crippen molar-refractivity contribution in [1.82, 2.24) is 5.32 Å². The molecule has 0 spiro atoms. The predicted molar refractivity (Wildman–Crippen MR) is 62.3 cm³/mol. The summed E-state index contributed by atoms with van der Waals surface area (Å²) in [6.07, 6.45) is 2.58. The maximum Gasteiger partial charge on any atom is 0.297 e. The second-order valence-electron chi connectivity index (χ2n) is 3.74. The predicted octanol–water partition coefficient (Wildman–Crippen LogP) is 0.895. The molecule has 1 aromatic heterocycles. The highest BCUT2D eigenvalue weighted by Crippen LogP contribution is 2.10. The minimum Gasteiger partial charge on any atom is -0.437 e. The minimum absolute atomic E-state index is 0.105. The summed E-state index contributed by atoms with van der Waals surface area (Å²) < 4.78 is 5.31. The van der Waals surface area contributed by atoms with Crippen LogP contribution in [0.1, 0.15) is 17.7 Å². The third-order valence-electron chi connectivity index (χ3n) is 2.44. The van der Waals surface area contributed by atoms with E-state index < -0.39 is 0 Å². The average Bonchev–Trinajstić information content (AvgIpc) is 2.71. The van der Waals surface area contributed by atoms with Gasteiger partial charge in [-0.25, -0.2) is 0 Å². The number of amides is 1. The summed E-state index contributed by atoms with van der Waals surface area (Å²) in [7, 11) is 0.663. The molecule has 2 heterocycles. The molecule has 1 unspecified atom stereocenters. The quantitative estimate of drug-likeness (QED) is 0.773. The molecule has 0 radical (unpaired) electrons. The molecule has 0 saturated carbocycles. The molecule has 3 nitrogen and oxygen atoms in total. The zero-order chi connectivity index (χ0) is 10.5. The lowest BCUT2D eigenvalue weighted by Crippen LogP contribution is -2.43. The normalized spacial score (nSPS) is 20.7. The van der Waals surface area contributed by atoms with E-state index >= 15 is 0 Å². The molecule has 0 aromatic carbocycles. The first-order valence-corrected chi connectivity index (χ1v) is 6.12. The summed E-state index contributed by atoms with van der Waals surface area (Å²) in [6, 6.07) is 3.96. The summed E-state index contributed by atoms with van der Waals surface area (Å²) in [5.41, 5.74) is 0. The lowest BCUT2D eigenvalue weighted by molar-refractivity contribution is -0.120. The highest BCUT2D eigenvalue weighted by Gasteiger charge is 2.18. The van der Waals surface area contributed by atoms with Crippen LogP contribution in [0.25, 0.3) is 0 Å². The van der Waals surface area contributed by atoms with Crippen LogP contribution in [0.4, 0.5) is 0 Å². The first kappa shape index (κ1) is 10.7. The van der Waals surface area contributed by atoms with Crippen LogP contribution in [-0.4, -0.2) is 25.9 Å². The fourth-order valence-electron chi connectivity index (χ4n) is 1.70. The Labute approximate surface area is 94.1 Å². The minimum atomic E-state index is 0.105. The van der Waals surface area contributed by atoms with Crippen LogP contribution >= 0.6 is 11.3 Å². The summed E-state index contributed by atoms with van der Waals surface area (Å²) in [6.45, 7) is 0.831. The van der Waals surface area contributed by atoms with Crippen LogP contribution in [0, 0.1) is 0 Å². The maximum absolute atomic E-state index is 11.6. The van der Waals surface area contributed by atoms with E-state index in [1.807, 2.05) is 17.5 Å². The molecule has 2 rings (SSSR count). The fourth-order valence-corrected chi connectivity index (χ4v) is 2.41. The monoisotopic (exact) mass is 223 g/mol. The number of carbonyl (C=O) groups is 1. The smallest absolute Gasteiger partial charge is 0.297 e. The Morgan fingerprint density at radius 2 is 2.67 bits per heavy atom. The van der Waals surface area contributed by atoms with Crippen LogP contribution in [0.5, 0.6) is 0 Å². The summed E-state index contributed by atoms with van der Waals surface area (Å²) in [4.78, 5) is 12.7. The molecular weight excluding hydrogens is 209 g/mol. The van der Waals surface area contributed by atoms with E-state index in [4.69, 9.17) is 4.65 Å². The number of hydrogen-bond donors (Lipinski definition) is 1. The number of nitrogens with one attached hydrogen (secondary N) is 1. The van der Waals surface area contributed by atoms with E-state index in [0.29, 0.717) is 13.9 Å². The molecule has 15 heavy (non-hydrogen) atoms. The van der Waals surface area contributed by atoms with Gasteiger partial charge in [-0.1, -0.05) is 6.07 Å². The topological polar surface area (TPSA) is 38.3 Å². The van der Waals surface area contributed by atoms with Gasteiger partial charge in [0.2, 0.25) is 5.91 Å². The summed E-state index contributed by atoms with van der Waals surface area (Å²) >= 11 is 1.62. The van der Waals surface area contributed by atoms with Crippen LogP contribution in [-0.2, 0) is 15.9 Å². The molecule has 1 aromatic rings. The van der Waals surface area contributed by atoms with Crippen molar-refractivity contribution >= 4 is 24.7 Å². The largest absolute Gasteiger partial charge is 0.437 e. The highest BCUT2D eigenvalue weighted by molar-refractivity contribution is 7.10. The highest BCUT2D eigenvalue weighted by atomic mass is 32.1. The van der Waals surface area contributed by atoms with Gasteiger partial charge in [-0.05, 0) is 24.3 Å². The lowest BCUT2D eigenvalue weighted by Gasteiger charge is -2.21. The molecule has 5 heteroatoms. The molecule has 1 saturated heterocycles. The van der Waals surface area contributed by atoms with Crippen LogP contribution in [0.2, 0.25) is 0 Å². The summed E-state index contributed by atoms with van der Waals surface area (Å²) in [5, 5.41) is 4.99. The van der Waals surface area contributed by atoms with Gasteiger partial charge in [0.1, 0.15) is 0 Å². The van der Waals surface area contributed by atoms with E-state index in [1.54, 1.807) is 11.3 Å². The third kappa shape index (κ3) is 3.36. The van der Waals surface area contributed by atoms with Gasteiger partial charge < -0.3 is 9.97 Å². The third-order valence-corrected chi connectivity index (χ3v) is 3.32. The van der Waals surface area contributed by atoms with Crippen molar-refractivity contribution in [3.05, 3.63) is 22.4 Å². The molecule has 1 aliphatic heterocycles. The van der Waals surface area contributed by atoms with Gasteiger partial charge in [0.25, 0.3) is 7.48 Å². The van der Waals surface area contributed by atoms with Crippen molar-refractivity contribution in [3.8, 4) is 0 Å². The van der Waals surface area contributed by atoms with Gasteiger partial charge in [-0.2, -0.15) is 0 Å². The Bertz CT molecular complexity index is 309. The molecule has 1 atom stereocenters. The van der Waals surface area contributed by atoms with E-state index in [9.17, 15) is 4.79 Å². The molecule has 1 aliphatic rings. The molecule has 1 fully saturated rings. The zero-order valence-electron chi connectivity index (χ0n) is 8.57. The van der Waals surface area contributed by atoms with Crippen molar-refractivity contribution in [1.29, 1.82) is 0 Å². The molecule has 1 amide bonds. The van der Waals surface area contributed by atoms with Crippen LogP contribution in [0.15, 0.2) is 17.5 Å². The van der Waals surface area contributed by atoms with Crippen molar-refractivity contribution in [2.45, 2.75) is 25.2 Å². The second kappa shape index (κ2) is 5.33. The zero-order valence-corrected chi connectivity index (χ0v) is 9.39. The van der Waals surface area contributed by atoms with E-state index in [1.165, 1.54) is 0 Å². The average molecular weight is 223 g/mol. The Hall–Kier alpha value is -0.805. The lowest BCUT2D eigenvalue weighted by atomic mass is 9.81. The van der Waals surface area contributed by atoms with Crippen molar-refractivity contribution in [2.75, 3.05) is 6.61 Å². The number of thiophene rings is 1. The first-order chi connectivity index (χ1) is 7.34. The summed E-state index contributed by atoms with van der Waals surface area (Å²) in [5.74, 6) is 0.319. The molecule has 0 bridgehead atoms. The maximum atomic E-state index is 11.6. The number of carbonyl (C=O) groups excluding carboxylic acids is 1. The Kier molecular flexibility index (Phi) is 3.80. The number of rotatable bonds is 3. The Morgan fingerprint density at radius 3 is 3.33 bits per heavy atom. The molecule has 0 aliphatic carbocycles. The van der Waals surface area contributed by atoms with E-state index in [2.05, 4.69) is 5.32 Å². The SMILES string of the molecule is O=C(Cc1cccs1)NC1BOCCC1. The molecule has 1 N–H and O–H groups in total. The van der Waals surface area contributed by atoms with Crippen molar-refractivity contribution in [3.63, 3.8) is 0 Å². The van der Waals surface area contributed by atoms with E-state index in [-0.39, 0.29) is 11.8 Å². The van der Waals surface area contributed by atoms with Crippen LogP contribution < -0.4 is 5.32 Å². The first-order valence-electron chi connectivity index (χ1n) is 5.24. The van der Waals surface area contributed by atoms with E-state index in [0.717, 1.165) is 24.3 Å². The van der Waals surface area contributed by atoms with Gasteiger partial charge in [-0.3, -0.25) is 4.79 Å². The van der Waals surface area contributed by atoms with Crippen molar-refractivity contribution < 1.29 is 9.45 Å². The molecule has 80 valence electrons. The van der Waals surface area contributed by atoms with Gasteiger partial charge in [0.15, 0.2) is 0 Å². The van der Waals surface area contributed by atoms with Crippen LogP contribution in [0.3, 0.4) is 0 Å². The van der Waals surface area contributed by atoms with Gasteiger partial charge in [0.05, 0.1) is 6.42 Å². The van der Waals surface area contributed by atoms with Gasteiger partial charge in [-0.15, -0.1) is 11.3 Å². The van der Waals surface area contributed by atoms with Gasteiger partial charge >= 0.3 is 0 Å². The van der Waals surface area contributed by atoms with Crippen molar-refractivity contribution in [2.24, 2.45) is 0 Å².